The van der Waals surface area contributed by atoms with Crippen LogP contribution in [0.25, 0.3) is 11.4 Å². The van der Waals surface area contributed by atoms with Crippen molar-refractivity contribution >= 4 is 5.97 Å². The summed E-state index contributed by atoms with van der Waals surface area (Å²) in [6.07, 6.45) is 0. The van der Waals surface area contributed by atoms with Gasteiger partial charge in [-0.05, 0) is 44.0 Å². The molecule has 2 aromatic carbocycles. The Kier molecular flexibility index (Phi) is 5.63. The molecular formula is C21H22N2O5. The van der Waals surface area contributed by atoms with E-state index in [0.29, 0.717) is 28.5 Å². The van der Waals surface area contributed by atoms with Crippen LogP contribution in [-0.2, 0) is 11.3 Å². The van der Waals surface area contributed by atoms with Gasteiger partial charge in [0.05, 0.1) is 25.3 Å². The predicted octanol–water partition coefficient (Wildman–Crippen LogP) is 4.04. The van der Waals surface area contributed by atoms with Gasteiger partial charge in [-0.15, -0.1) is 0 Å². The summed E-state index contributed by atoms with van der Waals surface area (Å²) < 4.78 is 21.1. The monoisotopic (exact) mass is 382 g/mol. The van der Waals surface area contributed by atoms with Crippen molar-refractivity contribution in [1.82, 2.24) is 10.1 Å². The van der Waals surface area contributed by atoms with E-state index in [9.17, 15) is 4.79 Å². The average molecular weight is 382 g/mol. The lowest BCUT2D eigenvalue weighted by atomic mass is 10.00. The van der Waals surface area contributed by atoms with Crippen LogP contribution in [0.2, 0.25) is 0 Å². The fourth-order valence-electron chi connectivity index (χ4n) is 3.11. The number of methoxy groups -OCH3 is 2. The molecule has 3 aromatic rings. The zero-order chi connectivity index (χ0) is 20.3. The van der Waals surface area contributed by atoms with Crippen LogP contribution in [0, 0.1) is 20.8 Å². The molecule has 146 valence electrons. The summed E-state index contributed by atoms with van der Waals surface area (Å²) in [5.41, 5.74) is 4.05. The molecule has 0 atom stereocenters. The minimum Gasteiger partial charge on any atom is -0.497 e. The molecule has 0 amide bonds. The Bertz CT molecular complexity index is 987. The number of nitrogens with zero attached hydrogens (tertiary/aromatic N) is 2. The number of benzene rings is 2. The van der Waals surface area contributed by atoms with E-state index < -0.39 is 5.97 Å². The maximum Gasteiger partial charge on any atom is 0.339 e. The quantitative estimate of drug-likeness (QED) is 0.595. The van der Waals surface area contributed by atoms with Gasteiger partial charge in [0.2, 0.25) is 5.82 Å². The number of rotatable bonds is 6. The molecule has 0 aliphatic heterocycles. The van der Waals surface area contributed by atoms with Crippen LogP contribution in [0.5, 0.6) is 11.5 Å². The van der Waals surface area contributed by atoms with Gasteiger partial charge in [-0.2, -0.15) is 4.98 Å². The van der Waals surface area contributed by atoms with Gasteiger partial charge in [0.1, 0.15) is 11.5 Å². The number of aromatic nitrogens is 2. The van der Waals surface area contributed by atoms with Crippen LogP contribution in [0.15, 0.2) is 34.9 Å². The molecule has 7 heteroatoms. The number of carbonyl (C=O) groups is 1. The van der Waals surface area contributed by atoms with Gasteiger partial charge in [0.25, 0.3) is 5.89 Å². The second-order valence-corrected chi connectivity index (χ2v) is 6.43. The number of hydrogen-bond donors (Lipinski definition) is 0. The van der Waals surface area contributed by atoms with E-state index in [1.807, 2.05) is 32.9 Å². The van der Waals surface area contributed by atoms with Gasteiger partial charge < -0.3 is 18.7 Å². The molecule has 0 bridgehead atoms. The molecule has 0 saturated carbocycles. The van der Waals surface area contributed by atoms with Gasteiger partial charge in [0.15, 0.2) is 6.61 Å². The van der Waals surface area contributed by atoms with Crippen molar-refractivity contribution in [2.24, 2.45) is 0 Å². The topological polar surface area (TPSA) is 83.7 Å². The number of ether oxygens (including phenoxy) is 3. The zero-order valence-corrected chi connectivity index (χ0v) is 16.5. The molecule has 7 nitrogen and oxygen atoms in total. The molecule has 1 heterocycles. The molecule has 0 radical (unpaired) electrons. The summed E-state index contributed by atoms with van der Waals surface area (Å²) in [5, 5.41) is 3.95. The van der Waals surface area contributed by atoms with Crippen molar-refractivity contribution in [2.45, 2.75) is 27.4 Å². The molecule has 0 aliphatic rings. The van der Waals surface area contributed by atoms with Crippen molar-refractivity contribution in [3.8, 4) is 22.9 Å². The third-order valence-corrected chi connectivity index (χ3v) is 4.33. The van der Waals surface area contributed by atoms with E-state index in [4.69, 9.17) is 18.7 Å². The van der Waals surface area contributed by atoms with Crippen molar-refractivity contribution in [1.29, 1.82) is 0 Å². The SMILES string of the molecule is COc1ccc(-c2noc(COC(=O)c3c(C)cc(C)cc3C)n2)c(OC)c1. The van der Waals surface area contributed by atoms with E-state index in [1.165, 1.54) is 0 Å². The predicted molar refractivity (Wildman–Crippen MR) is 103 cm³/mol. The molecule has 1 aromatic heterocycles. The second kappa shape index (κ2) is 8.12. The molecule has 3 rings (SSSR count). The molecule has 0 unspecified atom stereocenters. The van der Waals surface area contributed by atoms with E-state index in [-0.39, 0.29) is 12.5 Å². The maximum absolute atomic E-state index is 12.5. The third kappa shape index (κ3) is 3.98. The first kappa shape index (κ1) is 19.4. The van der Waals surface area contributed by atoms with Crippen LogP contribution in [0.1, 0.15) is 32.9 Å². The summed E-state index contributed by atoms with van der Waals surface area (Å²) >= 11 is 0. The van der Waals surface area contributed by atoms with Crippen molar-refractivity contribution in [3.63, 3.8) is 0 Å². The summed E-state index contributed by atoms with van der Waals surface area (Å²) in [7, 11) is 3.13. The standard InChI is InChI=1S/C21H22N2O5/c1-12-8-13(2)19(14(3)9-12)21(24)27-11-18-22-20(23-28-18)16-7-6-15(25-4)10-17(16)26-5/h6-10H,11H2,1-5H3. The van der Waals surface area contributed by atoms with Crippen molar-refractivity contribution in [3.05, 3.63) is 58.5 Å². The highest BCUT2D eigenvalue weighted by atomic mass is 16.6. The van der Waals surface area contributed by atoms with Crippen LogP contribution in [-0.4, -0.2) is 30.3 Å². The van der Waals surface area contributed by atoms with E-state index in [2.05, 4.69) is 10.1 Å². The molecular weight excluding hydrogens is 360 g/mol. The maximum atomic E-state index is 12.5. The third-order valence-electron chi connectivity index (χ3n) is 4.33. The van der Waals surface area contributed by atoms with Crippen molar-refractivity contribution in [2.75, 3.05) is 14.2 Å². The molecule has 0 spiro atoms. The minimum absolute atomic E-state index is 0.114. The summed E-state index contributed by atoms with van der Waals surface area (Å²) in [5.74, 6) is 1.32. The van der Waals surface area contributed by atoms with E-state index in [0.717, 1.165) is 16.7 Å². The lowest BCUT2D eigenvalue weighted by Gasteiger charge is -2.10. The highest BCUT2D eigenvalue weighted by Crippen LogP contribution is 2.31. The second-order valence-electron chi connectivity index (χ2n) is 6.43. The lowest BCUT2D eigenvalue weighted by Crippen LogP contribution is -2.09. The van der Waals surface area contributed by atoms with Gasteiger partial charge in [0, 0.05) is 6.07 Å². The largest absolute Gasteiger partial charge is 0.497 e. The Balaban J connectivity index is 1.75. The normalized spacial score (nSPS) is 10.6. The first-order valence-electron chi connectivity index (χ1n) is 8.73. The number of esters is 1. The molecule has 0 fully saturated rings. The average Bonchev–Trinajstić information content (AvgIpc) is 3.13. The highest BCUT2D eigenvalue weighted by Gasteiger charge is 2.18. The zero-order valence-electron chi connectivity index (χ0n) is 16.5. The van der Waals surface area contributed by atoms with Gasteiger partial charge >= 0.3 is 5.97 Å². The lowest BCUT2D eigenvalue weighted by molar-refractivity contribution is 0.0428. The fraction of sp³-hybridized carbons (Fsp3) is 0.286. The molecule has 0 N–H and O–H groups in total. The smallest absolute Gasteiger partial charge is 0.339 e. The first-order chi connectivity index (χ1) is 13.4. The van der Waals surface area contributed by atoms with Crippen LogP contribution in [0.4, 0.5) is 0 Å². The van der Waals surface area contributed by atoms with Crippen LogP contribution < -0.4 is 9.47 Å². The Morgan fingerprint density at radius 1 is 1.04 bits per heavy atom. The molecule has 0 aliphatic carbocycles. The Morgan fingerprint density at radius 3 is 2.39 bits per heavy atom. The fourth-order valence-corrected chi connectivity index (χ4v) is 3.11. The Labute approximate surface area is 163 Å². The summed E-state index contributed by atoms with van der Waals surface area (Å²) in [4.78, 5) is 16.8. The minimum atomic E-state index is -0.420. The van der Waals surface area contributed by atoms with Gasteiger partial charge in [-0.3, -0.25) is 0 Å². The summed E-state index contributed by atoms with van der Waals surface area (Å²) in [6, 6.07) is 9.18. The number of hydrogen-bond acceptors (Lipinski definition) is 7. The highest BCUT2D eigenvalue weighted by molar-refractivity contribution is 5.92. The summed E-state index contributed by atoms with van der Waals surface area (Å²) in [6.45, 7) is 5.65. The van der Waals surface area contributed by atoms with Crippen LogP contribution >= 0.6 is 0 Å². The van der Waals surface area contributed by atoms with Crippen LogP contribution in [0.3, 0.4) is 0 Å². The van der Waals surface area contributed by atoms with Gasteiger partial charge in [-0.1, -0.05) is 22.9 Å². The van der Waals surface area contributed by atoms with Crippen molar-refractivity contribution < 1.29 is 23.5 Å². The first-order valence-corrected chi connectivity index (χ1v) is 8.73. The molecule has 28 heavy (non-hydrogen) atoms. The number of carbonyl (C=O) groups excluding carboxylic acids is 1. The molecule has 0 saturated heterocycles. The van der Waals surface area contributed by atoms with Gasteiger partial charge in [-0.25, -0.2) is 4.79 Å². The number of aryl methyl sites for hydroxylation is 3. The Morgan fingerprint density at radius 2 is 1.75 bits per heavy atom. The Hall–Kier alpha value is -3.35. The van der Waals surface area contributed by atoms with E-state index >= 15 is 0 Å². The van der Waals surface area contributed by atoms with E-state index in [1.54, 1.807) is 32.4 Å².